The smallest absolute Gasteiger partial charge is 0.276 e. The molecule has 1 aliphatic heterocycles. The number of furan rings is 1. The van der Waals surface area contributed by atoms with Gasteiger partial charge in [0.2, 0.25) is 5.09 Å². The van der Waals surface area contributed by atoms with Gasteiger partial charge < -0.3 is 9.32 Å². The minimum Gasteiger partial charge on any atom is -0.452 e. The standard InChI is InChI=1S/C16H19ClN2O3S/c1-13-14(17)5-2-6-15(13)18-8-4-9-19(11-10-18)23(20,21)16-7-3-12-22-16/h2-3,5-7,12H,4,8-11H2,1H3. The summed E-state index contributed by atoms with van der Waals surface area (Å²) in [5.74, 6) is 0. The third-order valence-electron chi connectivity index (χ3n) is 4.12. The van der Waals surface area contributed by atoms with E-state index >= 15 is 0 Å². The average molecular weight is 355 g/mol. The molecule has 0 unspecified atom stereocenters. The van der Waals surface area contributed by atoms with Crippen molar-refractivity contribution in [3.05, 3.63) is 47.2 Å². The fourth-order valence-corrected chi connectivity index (χ4v) is 4.39. The van der Waals surface area contributed by atoms with Crippen molar-refractivity contribution < 1.29 is 12.8 Å². The summed E-state index contributed by atoms with van der Waals surface area (Å²) >= 11 is 6.20. The average Bonchev–Trinajstić information content (AvgIpc) is 2.96. The molecule has 0 saturated carbocycles. The van der Waals surface area contributed by atoms with Gasteiger partial charge in [-0.15, -0.1) is 0 Å². The van der Waals surface area contributed by atoms with Crippen molar-refractivity contribution in [2.45, 2.75) is 18.4 Å². The zero-order chi connectivity index (χ0) is 16.4. The summed E-state index contributed by atoms with van der Waals surface area (Å²) in [7, 11) is -3.55. The lowest BCUT2D eigenvalue weighted by Crippen LogP contribution is -2.35. The van der Waals surface area contributed by atoms with Gasteiger partial charge in [-0.1, -0.05) is 17.7 Å². The molecule has 3 rings (SSSR count). The number of rotatable bonds is 3. The molecule has 0 radical (unpaired) electrons. The molecule has 1 aromatic carbocycles. The molecular formula is C16H19ClN2O3S. The van der Waals surface area contributed by atoms with Crippen molar-refractivity contribution in [2.75, 3.05) is 31.1 Å². The van der Waals surface area contributed by atoms with Crippen LogP contribution >= 0.6 is 11.6 Å². The van der Waals surface area contributed by atoms with E-state index in [0.29, 0.717) is 19.6 Å². The highest BCUT2D eigenvalue weighted by molar-refractivity contribution is 7.89. The van der Waals surface area contributed by atoms with Crippen LogP contribution in [-0.2, 0) is 10.0 Å². The van der Waals surface area contributed by atoms with Crippen LogP contribution in [0.5, 0.6) is 0 Å². The number of hydrogen-bond acceptors (Lipinski definition) is 4. The Morgan fingerprint density at radius 3 is 2.65 bits per heavy atom. The van der Waals surface area contributed by atoms with Crippen LogP contribution in [0.4, 0.5) is 5.69 Å². The van der Waals surface area contributed by atoms with Crippen LogP contribution in [0, 0.1) is 6.92 Å². The van der Waals surface area contributed by atoms with Gasteiger partial charge >= 0.3 is 0 Å². The van der Waals surface area contributed by atoms with Crippen molar-refractivity contribution in [1.29, 1.82) is 0 Å². The van der Waals surface area contributed by atoms with E-state index in [9.17, 15) is 8.42 Å². The molecule has 2 heterocycles. The summed E-state index contributed by atoms with van der Waals surface area (Å²) in [5.41, 5.74) is 2.09. The second-order valence-corrected chi connectivity index (χ2v) is 7.84. The van der Waals surface area contributed by atoms with Crippen LogP contribution in [0.1, 0.15) is 12.0 Å². The van der Waals surface area contributed by atoms with Crippen LogP contribution in [-0.4, -0.2) is 38.9 Å². The Balaban J connectivity index is 1.79. The molecule has 0 amide bonds. The maximum Gasteiger partial charge on any atom is 0.276 e. The van der Waals surface area contributed by atoms with E-state index < -0.39 is 10.0 Å². The predicted molar refractivity (Wildman–Crippen MR) is 90.5 cm³/mol. The lowest BCUT2D eigenvalue weighted by Gasteiger charge is -2.25. The molecule has 0 N–H and O–H groups in total. The molecular weight excluding hydrogens is 336 g/mol. The number of nitrogens with zero attached hydrogens (tertiary/aromatic N) is 2. The van der Waals surface area contributed by atoms with Crippen molar-refractivity contribution in [2.24, 2.45) is 0 Å². The maximum atomic E-state index is 12.6. The van der Waals surface area contributed by atoms with Gasteiger partial charge in [-0.05, 0) is 43.2 Å². The summed E-state index contributed by atoms with van der Waals surface area (Å²) in [6.45, 7) is 4.32. The van der Waals surface area contributed by atoms with Gasteiger partial charge in [-0.2, -0.15) is 4.31 Å². The van der Waals surface area contributed by atoms with Crippen molar-refractivity contribution in [3.63, 3.8) is 0 Å². The van der Waals surface area contributed by atoms with Gasteiger partial charge in [-0.25, -0.2) is 8.42 Å². The summed E-state index contributed by atoms with van der Waals surface area (Å²) in [5, 5.41) is 0.733. The topological polar surface area (TPSA) is 53.8 Å². The molecule has 7 heteroatoms. The molecule has 0 atom stereocenters. The van der Waals surface area contributed by atoms with Crippen molar-refractivity contribution in [3.8, 4) is 0 Å². The number of halogens is 1. The van der Waals surface area contributed by atoms with Gasteiger partial charge in [-0.3, -0.25) is 0 Å². The third kappa shape index (κ3) is 3.24. The van der Waals surface area contributed by atoms with Gasteiger partial charge in [0.15, 0.2) is 0 Å². The van der Waals surface area contributed by atoms with Crippen LogP contribution < -0.4 is 4.90 Å². The molecule has 124 valence electrons. The first kappa shape index (κ1) is 16.4. The normalized spacial score (nSPS) is 17.2. The second kappa shape index (κ2) is 6.55. The first-order chi connectivity index (χ1) is 11.0. The quantitative estimate of drug-likeness (QED) is 0.849. The fourth-order valence-electron chi connectivity index (χ4n) is 2.85. The van der Waals surface area contributed by atoms with Gasteiger partial charge in [0.1, 0.15) is 0 Å². The van der Waals surface area contributed by atoms with E-state index in [4.69, 9.17) is 16.0 Å². The van der Waals surface area contributed by atoms with Gasteiger partial charge in [0.25, 0.3) is 10.0 Å². The largest absolute Gasteiger partial charge is 0.452 e. The number of anilines is 1. The minimum absolute atomic E-state index is 0.00452. The monoisotopic (exact) mass is 354 g/mol. The molecule has 0 bridgehead atoms. The first-order valence-corrected chi connectivity index (χ1v) is 9.35. The van der Waals surface area contributed by atoms with Crippen molar-refractivity contribution in [1.82, 2.24) is 4.31 Å². The molecule has 1 saturated heterocycles. The Hall–Kier alpha value is -1.50. The molecule has 0 spiro atoms. The van der Waals surface area contributed by atoms with E-state index in [1.165, 1.54) is 16.6 Å². The zero-order valence-corrected chi connectivity index (χ0v) is 14.5. The minimum atomic E-state index is -3.55. The number of sulfonamides is 1. The second-order valence-electron chi connectivity index (χ2n) is 5.56. The molecule has 2 aromatic rings. The maximum absolute atomic E-state index is 12.6. The lowest BCUT2D eigenvalue weighted by molar-refractivity contribution is 0.391. The molecule has 1 aromatic heterocycles. The Morgan fingerprint density at radius 2 is 1.91 bits per heavy atom. The zero-order valence-electron chi connectivity index (χ0n) is 12.9. The summed E-state index contributed by atoms with van der Waals surface area (Å²) in [6.07, 6.45) is 2.14. The number of benzene rings is 1. The number of hydrogen-bond donors (Lipinski definition) is 0. The van der Waals surface area contributed by atoms with E-state index in [1.54, 1.807) is 6.07 Å². The highest BCUT2D eigenvalue weighted by atomic mass is 35.5. The summed E-state index contributed by atoms with van der Waals surface area (Å²) in [6, 6.07) is 8.89. The van der Waals surface area contributed by atoms with Crippen LogP contribution in [0.3, 0.4) is 0 Å². The van der Waals surface area contributed by atoms with E-state index in [2.05, 4.69) is 4.90 Å². The molecule has 1 fully saturated rings. The van der Waals surface area contributed by atoms with E-state index in [-0.39, 0.29) is 5.09 Å². The third-order valence-corrected chi connectivity index (χ3v) is 6.32. The van der Waals surface area contributed by atoms with Crippen molar-refractivity contribution >= 4 is 27.3 Å². The molecule has 0 aliphatic carbocycles. The Morgan fingerprint density at radius 1 is 1.09 bits per heavy atom. The van der Waals surface area contributed by atoms with Gasteiger partial charge in [0, 0.05) is 36.9 Å². The van der Waals surface area contributed by atoms with E-state index in [1.807, 2.05) is 25.1 Å². The fraction of sp³-hybridized carbons (Fsp3) is 0.375. The summed E-state index contributed by atoms with van der Waals surface area (Å²) < 4.78 is 31.7. The SMILES string of the molecule is Cc1c(Cl)cccc1N1CCCN(S(=O)(=O)c2ccco2)CC1. The Kier molecular flexibility index (Phi) is 4.66. The molecule has 1 aliphatic rings. The lowest BCUT2D eigenvalue weighted by atomic mass is 10.1. The van der Waals surface area contributed by atoms with Crippen LogP contribution in [0.15, 0.2) is 46.1 Å². The highest BCUT2D eigenvalue weighted by Crippen LogP contribution is 2.28. The van der Waals surface area contributed by atoms with E-state index in [0.717, 1.165) is 29.2 Å². The molecule has 5 nitrogen and oxygen atoms in total. The predicted octanol–water partition coefficient (Wildman–Crippen LogP) is 3.14. The Labute approximate surface area is 141 Å². The first-order valence-electron chi connectivity index (χ1n) is 7.54. The Bertz CT molecular complexity index is 775. The van der Waals surface area contributed by atoms with Crippen LogP contribution in [0.25, 0.3) is 0 Å². The van der Waals surface area contributed by atoms with Crippen LogP contribution in [0.2, 0.25) is 5.02 Å². The summed E-state index contributed by atoms with van der Waals surface area (Å²) in [4.78, 5) is 2.19. The highest BCUT2D eigenvalue weighted by Gasteiger charge is 2.29. The molecule has 23 heavy (non-hydrogen) atoms. The van der Waals surface area contributed by atoms with Gasteiger partial charge in [0.05, 0.1) is 6.26 Å².